The minimum absolute atomic E-state index is 0.115. The number of ether oxygens (including phenoxy) is 2. The first-order valence-corrected chi connectivity index (χ1v) is 7.42. The van der Waals surface area contributed by atoms with Gasteiger partial charge in [0.25, 0.3) is 0 Å². The van der Waals surface area contributed by atoms with Gasteiger partial charge in [-0.1, -0.05) is 0 Å². The maximum atomic E-state index is 13.3. The van der Waals surface area contributed by atoms with Gasteiger partial charge < -0.3 is 14.8 Å². The van der Waals surface area contributed by atoms with Gasteiger partial charge in [0.05, 0.1) is 6.61 Å². The molecule has 21 heavy (non-hydrogen) atoms. The second-order valence-electron chi connectivity index (χ2n) is 5.88. The molecule has 0 aliphatic carbocycles. The Hall–Kier alpha value is -1.04. The second-order valence-corrected chi connectivity index (χ2v) is 5.88. The minimum atomic E-state index is -0.563. The molecule has 1 heterocycles. The normalized spacial score (nSPS) is 19.7. The van der Waals surface area contributed by atoms with Crippen LogP contribution in [0.3, 0.4) is 0 Å². The van der Waals surface area contributed by atoms with Crippen LogP contribution in [0.2, 0.25) is 0 Å². The molecule has 0 saturated carbocycles. The van der Waals surface area contributed by atoms with Gasteiger partial charge in [0.2, 0.25) is 0 Å². The van der Waals surface area contributed by atoms with Crippen LogP contribution in [-0.2, 0) is 15.0 Å². The van der Waals surface area contributed by atoms with E-state index in [1.165, 1.54) is 12.1 Å². The third-order valence-corrected chi connectivity index (χ3v) is 3.69. The van der Waals surface area contributed by atoms with E-state index in [-0.39, 0.29) is 6.29 Å². The first-order valence-electron chi connectivity index (χ1n) is 7.42. The van der Waals surface area contributed by atoms with Gasteiger partial charge >= 0.3 is 0 Å². The summed E-state index contributed by atoms with van der Waals surface area (Å²) >= 11 is 0. The summed E-state index contributed by atoms with van der Waals surface area (Å²) < 4.78 is 37.7. The fourth-order valence-electron chi connectivity index (χ4n) is 2.41. The predicted octanol–water partition coefficient (Wildman–Crippen LogP) is 3.33. The van der Waals surface area contributed by atoms with Crippen molar-refractivity contribution in [2.24, 2.45) is 0 Å². The molecule has 2 rings (SSSR count). The maximum Gasteiger partial charge on any atom is 0.157 e. The van der Waals surface area contributed by atoms with Crippen LogP contribution in [0.4, 0.5) is 8.78 Å². The van der Waals surface area contributed by atoms with E-state index < -0.39 is 17.2 Å². The molecular weight excluding hydrogens is 276 g/mol. The molecule has 0 amide bonds. The highest BCUT2D eigenvalue weighted by molar-refractivity contribution is 5.24. The lowest BCUT2D eigenvalue weighted by Gasteiger charge is -2.28. The molecule has 1 aliphatic rings. The Morgan fingerprint density at radius 2 is 1.95 bits per heavy atom. The second kappa shape index (κ2) is 7.29. The molecule has 1 atom stereocenters. The quantitative estimate of drug-likeness (QED) is 0.817. The largest absolute Gasteiger partial charge is 0.353 e. The molecule has 1 N–H and O–H groups in total. The van der Waals surface area contributed by atoms with Gasteiger partial charge in [0, 0.05) is 24.8 Å². The average molecular weight is 299 g/mol. The number of halogens is 2. The monoisotopic (exact) mass is 299 g/mol. The third kappa shape index (κ3) is 5.02. The van der Waals surface area contributed by atoms with E-state index in [0.29, 0.717) is 18.7 Å². The van der Waals surface area contributed by atoms with Gasteiger partial charge in [-0.3, -0.25) is 0 Å². The minimum Gasteiger partial charge on any atom is -0.353 e. The number of nitrogens with one attached hydrogen (secondary N) is 1. The average Bonchev–Trinajstić information content (AvgIpc) is 2.44. The molecule has 1 saturated heterocycles. The molecule has 1 fully saturated rings. The van der Waals surface area contributed by atoms with Crippen molar-refractivity contribution in [3.8, 4) is 0 Å². The zero-order valence-electron chi connectivity index (χ0n) is 12.6. The van der Waals surface area contributed by atoms with E-state index in [1.54, 1.807) is 0 Å². The molecule has 118 valence electrons. The van der Waals surface area contributed by atoms with E-state index in [4.69, 9.17) is 9.47 Å². The van der Waals surface area contributed by atoms with Crippen LogP contribution in [0.5, 0.6) is 0 Å². The lowest BCUT2D eigenvalue weighted by Crippen LogP contribution is -2.39. The van der Waals surface area contributed by atoms with Crippen LogP contribution in [0, 0.1) is 11.6 Å². The van der Waals surface area contributed by atoms with Crippen molar-refractivity contribution in [2.45, 2.75) is 44.9 Å². The van der Waals surface area contributed by atoms with Crippen LogP contribution < -0.4 is 5.32 Å². The van der Waals surface area contributed by atoms with Gasteiger partial charge in [-0.05, 0) is 50.8 Å². The molecular formula is C16H23F2NO2. The maximum absolute atomic E-state index is 13.3. The van der Waals surface area contributed by atoms with Crippen molar-refractivity contribution < 1.29 is 18.3 Å². The summed E-state index contributed by atoms with van der Waals surface area (Å²) in [6.45, 7) is 5.62. The first kappa shape index (κ1) is 16.3. The van der Waals surface area contributed by atoms with Crippen LogP contribution in [0.1, 0.15) is 38.7 Å². The molecule has 3 nitrogen and oxygen atoms in total. The zero-order valence-corrected chi connectivity index (χ0v) is 12.6. The van der Waals surface area contributed by atoms with Gasteiger partial charge in [-0.2, -0.15) is 0 Å². The van der Waals surface area contributed by atoms with Gasteiger partial charge in [-0.25, -0.2) is 8.78 Å². The van der Waals surface area contributed by atoms with Crippen LogP contribution >= 0.6 is 0 Å². The summed E-state index contributed by atoms with van der Waals surface area (Å²) in [5.74, 6) is -1.13. The highest BCUT2D eigenvalue weighted by Crippen LogP contribution is 2.22. The van der Waals surface area contributed by atoms with Gasteiger partial charge in [0.1, 0.15) is 11.6 Å². The van der Waals surface area contributed by atoms with E-state index in [2.05, 4.69) is 5.32 Å². The van der Waals surface area contributed by atoms with Crippen molar-refractivity contribution in [1.29, 1.82) is 0 Å². The first-order chi connectivity index (χ1) is 9.97. The van der Waals surface area contributed by atoms with E-state index in [0.717, 1.165) is 31.9 Å². The fraction of sp³-hybridized carbons (Fsp3) is 0.625. The van der Waals surface area contributed by atoms with E-state index >= 15 is 0 Å². The number of benzene rings is 1. The van der Waals surface area contributed by atoms with Crippen LogP contribution in [0.25, 0.3) is 0 Å². The van der Waals surface area contributed by atoms with Gasteiger partial charge in [0.15, 0.2) is 6.29 Å². The Morgan fingerprint density at radius 3 is 2.57 bits per heavy atom. The van der Waals surface area contributed by atoms with Crippen molar-refractivity contribution in [3.05, 3.63) is 35.4 Å². The molecule has 0 radical (unpaired) electrons. The number of hydrogen-bond acceptors (Lipinski definition) is 3. The molecule has 1 aliphatic heterocycles. The SMILES string of the molecule is CC(C)(NCCOC1CCCCO1)c1cc(F)cc(F)c1. The molecule has 0 spiro atoms. The predicted molar refractivity (Wildman–Crippen MR) is 76.9 cm³/mol. The van der Waals surface area contributed by atoms with Crippen molar-refractivity contribution in [3.63, 3.8) is 0 Å². The standard InChI is InChI=1S/C16H23F2NO2/c1-16(2,12-9-13(17)11-14(18)10-12)19-6-8-21-15-5-3-4-7-20-15/h9-11,15,19H,3-8H2,1-2H3. The Bertz CT molecular complexity index is 439. The van der Waals surface area contributed by atoms with Crippen molar-refractivity contribution in [1.82, 2.24) is 5.32 Å². The highest BCUT2D eigenvalue weighted by atomic mass is 19.1. The number of rotatable bonds is 6. The van der Waals surface area contributed by atoms with Crippen molar-refractivity contribution >= 4 is 0 Å². The van der Waals surface area contributed by atoms with E-state index in [9.17, 15) is 8.78 Å². The lowest BCUT2D eigenvalue weighted by molar-refractivity contribution is -0.161. The fourth-order valence-corrected chi connectivity index (χ4v) is 2.41. The van der Waals surface area contributed by atoms with Crippen LogP contribution in [0.15, 0.2) is 18.2 Å². The van der Waals surface area contributed by atoms with Crippen molar-refractivity contribution in [2.75, 3.05) is 19.8 Å². The molecule has 1 aromatic carbocycles. The molecule has 0 bridgehead atoms. The summed E-state index contributed by atoms with van der Waals surface area (Å²) in [4.78, 5) is 0. The molecule has 1 aromatic rings. The summed E-state index contributed by atoms with van der Waals surface area (Å²) in [5.41, 5.74) is 0.0496. The highest BCUT2D eigenvalue weighted by Gasteiger charge is 2.21. The van der Waals surface area contributed by atoms with E-state index in [1.807, 2.05) is 13.8 Å². The van der Waals surface area contributed by atoms with Gasteiger partial charge in [-0.15, -0.1) is 0 Å². The Balaban J connectivity index is 1.80. The lowest BCUT2D eigenvalue weighted by atomic mass is 9.94. The topological polar surface area (TPSA) is 30.5 Å². The zero-order chi connectivity index (χ0) is 15.3. The Kier molecular flexibility index (Phi) is 5.67. The molecule has 0 aromatic heterocycles. The Morgan fingerprint density at radius 1 is 1.24 bits per heavy atom. The number of hydrogen-bond donors (Lipinski definition) is 1. The molecule has 5 heteroatoms. The summed E-state index contributed by atoms with van der Waals surface area (Å²) in [6.07, 6.45) is 3.04. The summed E-state index contributed by atoms with van der Waals surface area (Å²) in [6, 6.07) is 3.57. The molecule has 1 unspecified atom stereocenters. The third-order valence-electron chi connectivity index (χ3n) is 3.69. The summed E-state index contributed by atoms with van der Waals surface area (Å²) in [5, 5.41) is 3.26. The Labute approximate surface area is 124 Å². The smallest absolute Gasteiger partial charge is 0.157 e. The summed E-state index contributed by atoms with van der Waals surface area (Å²) in [7, 11) is 0. The van der Waals surface area contributed by atoms with Crippen LogP contribution in [-0.4, -0.2) is 26.0 Å².